The molecular formula is C26H20ClN5O2. The maximum Gasteiger partial charge on any atom is 0.410 e. The molecule has 0 saturated heterocycles. The molecule has 1 aliphatic carbocycles. The average molecular weight is 470 g/mol. The fourth-order valence-electron chi connectivity index (χ4n) is 4.69. The molecule has 7 nitrogen and oxygen atoms in total. The summed E-state index contributed by atoms with van der Waals surface area (Å²) in [4.78, 5) is 14.4. The lowest BCUT2D eigenvalue weighted by Crippen LogP contribution is -2.49. The Kier molecular flexibility index (Phi) is 6.28. The molecule has 2 aliphatic rings. The first-order valence-electron chi connectivity index (χ1n) is 10.6. The van der Waals surface area contributed by atoms with Gasteiger partial charge in [-0.05, 0) is 28.8 Å². The molecule has 2 atom stereocenters. The Bertz CT molecular complexity index is 1280. The zero-order valence-electron chi connectivity index (χ0n) is 18.1. The monoisotopic (exact) mass is 469 g/mol. The normalized spacial score (nSPS) is 20.8. The van der Waals surface area contributed by atoms with Crippen LogP contribution in [0.25, 0.3) is 0 Å². The minimum atomic E-state index is -1.78. The number of rotatable bonds is 3. The molecule has 1 heterocycles. The molecule has 4 rings (SSSR count). The zero-order chi connectivity index (χ0) is 24.3. The second-order valence-corrected chi connectivity index (χ2v) is 8.61. The quantitative estimate of drug-likeness (QED) is 0.709. The van der Waals surface area contributed by atoms with Crippen LogP contribution in [0, 0.1) is 45.3 Å². The van der Waals surface area contributed by atoms with Crippen LogP contribution in [-0.2, 0) is 11.3 Å². The van der Waals surface area contributed by atoms with Crippen molar-refractivity contribution < 1.29 is 9.53 Å². The zero-order valence-corrected chi connectivity index (χ0v) is 18.9. The minimum Gasteiger partial charge on any atom is -0.445 e. The van der Waals surface area contributed by atoms with Gasteiger partial charge in [0.15, 0.2) is 5.41 Å². The SMILES string of the molecule is N#CC1=C(N)C(C#N)(C#N)[C@H](c2ccc(Cl)cc2)[C@H]2CN(C(=O)OCc3ccccc3)CC=C12. The predicted octanol–water partition coefficient (Wildman–Crippen LogP) is 4.40. The van der Waals surface area contributed by atoms with Crippen LogP contribution in [0.4, 0.5) is 4.79 Å². The minimum absolute atomic E-state index is 0.0671. The predicted molar refractivity (Wildman–Crippen MR) is 124 cm³/mol. The Balaban J connectivity index is 1.73. The van der Waals surface area contributed by atoms with Crippen molar-refractivity contribution >= 4 is 17.7 Å². The van der Waals surface area contributed by atoms with Crippen LogP contribution in [0.15, 0.2) is 77.5 Å². The van der Waals surface area contributed by atoms with Crippen molar-refractivity contribution in [1.29, 1.82) is 15.8 Å². The Morgan fingerprint density at radius 3 is 2.41 bits per heavy atom. The first-order chi connectivity index (χ1) is 16.4. The number of nitrogens with zero attached hydrogens (tertiary/aromatic N) is 4. The molecule has 2 aromatic carbocycles. The molecule has 34 heavy (non-hydrogen) atoms. The fourth-order valence-corrected chi connectivity index (χ4v) is 4.81. The van der Waals surface area contributed by atoms with E-state index in [1.165, 1.54) is 4.90 Å². The molecule has 8 heteroatoms. The van der Waals surface area contributed by atoms with Gasteiger partial charge in [-0.3, -0.25) is 0 Å². The Labute approximate surface area is 202 Å². The summed E-state index contributed by atoms with van der Waals surface area (Å²) in [6.07, 6.45) is 1.24. The number of allylic oxidation sites excluding steroid dienone is 2. The van der Waals surface area contributed by atoms with Crippen molar-refractivity contribution in [2.45, 2.75) is 12.5 Å². The van der Waals surface area contributed by atoms with Crippen LogP contribution in [-0.4, -0.2) is 24.1 Å². The molecule has 0 aromatic heterocycles. The highest BCUT2D eigenvalue weighted by Gasteiger charge is 2.54. The molecular weight excluding hydrogens is 450 g/mol. The number of amides is 1. The van der Waals surface area contributed by atoms with Gasteiger partial charge < -0.3 is 15.4 Å². The van der Waals surface area contributed by atoms with Crippen molar-refractivity contribution in [3.63, 3.8) is 0 Å². The summed E-state index contributed by atoms with van der Waals surface area (Å²) in [5, 5.41) is 30.6. The summed E-state index contributed by atoms with van der Waals surface area (Å²) in [7, 11) is 0. The van der Waals surface area contributed by atoms with Crippen molar-refractivity contribution in [3.8, 4) is 18.2 Å². The van der Waals surface area contributed by atoms with Gasteiger partial charge in [-0.15, -0.1) is 0 Å². The summed E-state index contributed by atoms with van der Waals surface area (Å²) in [5.41, 5.74) is 6.73. The maximum atomic E-state index is 12.9. The van der Waals surface area contributed by atoms with E-state index in [2.05, 4.69) is 18.2 Å². The van der Waals surface area contributed by atoms with Gasteiger partial charge >= 0.3 is 6.09 Å². The number of halogens is 1. The Morgan fingerprint density at radius 2 is 1.79 bits per heavy atom. The second kappa shape index (κ2) is 9.32. The number of carbonyl (C=O) groups excluding carboxylic acids is 1. The molecule has 168 valence electrons. The van der Waals surface area contributed by atoms with Crippen LogP contribution in [0.2, 0.25) is 5.02 Å². The summed E-state index contributed by atoms with van der Waals surface area (Å²) >= 11 is 6.06. The van der Waals surface area contributed by atoms with E-state index in [0.29, 0.717) is 16.2 Å². The number of hydrogen-bond donors (Lipinski definition) is 1. The van der Waals surface area contributed by atoms with E-state index < -0.39 is 23.3 Å². The highest BCUT2D eigenvalue weighted by molar-refractivity contribution is 6.30. The van der Waals surface area contributed by atoms with Crippen LogP contribution < -0.4 is 5.73 Å². The van der Waals surface area contributed by atoms with Gasteiger partial charge in [-0.25, -0.2) is 4.79 Å². The Morgan fingerprint density at radius 1 is 1.12 bits per heavy atom. The molecule has 2 aromatic rings. The first-order valence-corrected chi connectivity index (χ1v) is 11.0. The molecule has 1 aliphatic heterocycles. The molecule has 0 fully saturated rings. The topological polar surface area (TPSA) is 127 Å². The van der Waals surface area contributed by atoms with Crippen LogP contribution in [0.3, 0.4) is 0 Å². The van der Waals surface area contributed by atoms with Gasteiger partial charge in [-0.1, -0.05) is 60.1 Å². The number of carbonyl (C=O) groups is 1. The molecule has 2 N–H and O–H groups in total. The number of benzene rings is 2. The summed E-state index contributed by atoms with van der Waals surface area (Å²) < 4.78 is 5.49. The van der Waals surface area contributed by atoms with E-state index in [4.69, 9.17) is 22.1 Å². The van der Waals surface area contributed by atoms with Crippen molar-refractivity contribution in [1.82, 2.24) is 4.90 Å². The lowest BCUT2D eigenvalue weighted by Gasteiger charge is -2.45. The van der Waals surface area contributed by atoms with E-state index >= 15 is 0 Å². The van der Waals surface area contributed by atoms with E-state index in [9.17, 15) is 20.6 Å². The van der Waals surface area contributed by atoms with Gasteiger partial charge in [0.05, 0.1) is 23.4 Å². The van der Waals surface area contributed by atoms with Gasteiger partial charge in [0, 0.05) is 29.9 Å². The number of nitriles is 3. The third kappa shape index (κ3) is 3.86. The Hall–Kier alpha value is -4.25. The van der Waals surface area contributed by atoms with Crippen LogP contribution in [0.1, 0.15) is 17.0 Å². The largest absolute Gasteiger partial charge is 0.445 e. The molecule has 0 radical (unpaired) electrons. The molecule has 0 bridgehead atoms. The van der Waals surface area contributed by atoms with E-state index in [1.54, 1.807) is 30.3 Å². The van der Waals surface area contributed by atoms with Crippen molar-refractivity contribution in [2.75, 3.05) is 13.1 Å². The van der Waals surface area contributed by atoms with E-state index in [1.807, 2.05) is 30.3 Å². The second-order valence-electron chi connectivity index (χ2n) is 8.17. The number of ether oxygens (including phenoxy) is 1. The third-order valence-corrected chi connectivity index (χ3v) is 6.61. The van der Waals surface area contributed by atoms with Crippen LogP contribution >= 0.6 is 11.6 Å². The number of nitrogens with two attached hydrogens (primary N) is 1. The molecule has 1 amide bonds. The lowest BCUT2D eigenvalue weighted by atomic mass is 9.58. The summed E-state index contributed by atoms with van der Waals surface area (Å²) in [6.45, 7) is 0.502. The fraction of sp³-hybridized carbons (Fsp3) is 0.231. The standard InChI is InChI=1S/C26H20ClN5O2/c27-19-8-6-18(7-9-19)23-22-13-32(25(33)34-14-17-4-2-1-3-5-17)11-10-20(22)21(12-28)24(31)26(23,15-29)16-30/h1-10,22-23H,11,13-14,31H2/t22-,23+/m0/s1. The summed E-state index contributed by atoms with van der Waals surface area (Å²) in [5.74, 6) is -1.23. The molecule has 0 spiro atoms. The van der Waals surface area contributed by atoms with Gasteiger partial charge in [-0.2, -0.15) is 15.8 Å². The van der Waals surface area contributed by atoms with E-state index in [-0.39, 0.29) is 31.0 Å². The maximum absolute atomic E-state index is 12.9. The first kappa shape index (κ1) is 22.9. The average Bonchev–Trinajstić information content (AvgIpc) is 2.88. The van der Waals surface area contributed by atoms with Crippen LogP contribution in [0.5, 0.6) is 0 Å². The van der Waals surface area contributed by atoms with Gasteiger partial charge in [0.1, 0.15) is 12.7 Å². The third-order valence-electron chi connectivity index (χ3n) is 6.36. The highest BCUT2D eigenvalue weighted by Crippen LogP contribution is 2.54. The van der Waals surface area contributed by atoms with Gasteiger partial charge in [0.2, 0.25) is 0 Å². The highest BCUT2D eigenvalue weighted by atomic mass is 35.5. The number of fused-ring (bicyclic) bond motifs is 1. The smallest absolute Gasteiger partial charge is 0.410 e. The molecule has 0 unspecified atom stereocenters. The van der Waals surface area contributed by atoms with Gasteiger partial charge in [0.25, 0.3) is 0 Å². The summed E-state index contributed by atoms with van der Waals surface area (Å²) in [6, 6.07) is 22.4. The van der Waals surface area contributed by atoms with Crippen molar-refractivity contribution in [3.05, 3.63) is 93.7 Å². The van der Waals surface area contributed by atoms with Crippen molar-refractivity contribution in [2.24, 2.45) is 17.1 Å². The van der Waals surface area contributed by atoms with E-state index in [0.717, 1.165) is 5.56 Å². The molecule has 0 saturated carbocycles. The number of hydrogen-bond acceptors (Lipinski definition) is 6. The lowest BCUT2D eigenvalue weighted by molar-refractivity contribution is 0.0898.